The highest BCUT2D eigenvalue weighted by atomic mass is 16.5. The maximum Gasteiger partial charge on any atom is 0.274 e. The average Bonchev–Trinajstić information content (AvgIpc) is 3.06. The van der Waals surface area contributed by atoms with Gasteiger partial charge in [-0.2, -0.15) is 0 Å². The van der Waals surface area contributed by atoms with Crippen LogP contribution in [0.5, 0.6) is 5.88 Å². The highest BCUT2D eigenvalue weighted by Gasteiger charge is 2.46. The van der Waals surface area contributed by atoms with Crippen LogP contribution in [-0.4, -0.2) is 57.2 Å². The molecule has 7 nitrogen and oxygen atoms in total. The summed E-state index contributed by atoms with van der Waals surface area (Å²) in [5.74, 6) is 0.494. The fraction of sp³-hybridized carbons (Fsp3) is 0.444. The first-order chi connectivity index (χ1) is 12.2. The molecule has 1 aliphatic heterocycles. The molecule has 0 unspecified atom stereocenters. The Labute approximate surface area is 146 Å². The van der Waals surface area contributed by atoms with Crippen molar-refractivity contribution in [2.45, 2.75) is 38.0 Å². The zero-order valence-corrected chi connectivity index (χ0v) is 14.0. The molecule has 7 heteroatoms. The summed E-state index contributed by atoms with van der Waals surface area (Å²) in [7, 11) is 0. The lowest BCUT2D eigenvalue weighted by Gasteiger charge is -2.38. The van der Waals surface area contributed by atoms with Gasteiger partial charge in [0, 0.05) is 25.0 Å². The molecule has 3 atom stereocenters. The van der Waals surface area contributed by atoms with E-state index in [1.54, 1.807) is 18.6 Å². The van der Waals surface area contributed by atoms with Gasteiger partial charge in [0.1, 0.15) is 17.9 Å². The van der Waals surface area contributed by atoms with Crippen molar-refractivity contribution in [1.82, 2.24) is 19.9 Å². The number of amides is 1. The van der Waals surface area contributed by atoms with Crippen molar-refractivity contribution in [3.8, 4) is 5.88 Å². The van der Waals surface area contributed by atoms with Crippen LogP contribution in [0.2, 0.25) is 0 Å². The van der Waals surface area contributed by atoms with E-state index in [0.717, 1.165) is 18.5 Å². The Morgan fingerprint density at radius 1 is 1.24 bits per heavy atom. The van der Waals surface area contributed by atoms with E-state index < -0.39 is 0 Å². The summed E-state index contributed by atoms with van der Waals surface area (Å²) in [4.78, 5) is 27.3. The number of rotatable bonds is 3. The Kier molecular flexibility index (Phi) is 4.31. The molecule has 0 radical (unpaired) electrons. The quantitative estimate of drug-likeness (QED) is 0.845. The lowest BCUT2D eigenvalue weighted by Crippen LogP contribution is -2.54. The first-order valence-electron chi connectivity index (χ1n) is 8.51. The van der Waals surface area contributed by atoms with E-state index in [1.165, 1.54) is 0 Å². The van der Waals surface area contributed by atoms with Gasteiger partial charge in [-0.05, 0) is 25.8 Å². The summed E-state index contributed by atoms with van der Waals surface area (Å²) in [5.41, 5.74) is 1.17. The third-order valence-corrected chi connectivity index (χ3v) is 4.71. The maximum atomic E-state index is 12.8. The number of carbonyl (C=O) groups is 1. The molecule has 2 aliphatic rings. The van der Waals surface area contributed by atoms with Crippen LogP contribution in [0.1, 0.15) is 29.0 Å². The van der Waals surface area contributed by atoms with Crippen LogP contribution in [0, 0.1) is 6.92 Å². The minimum Gasteiger partial charge on any atom is -0.471 e. The van der Waals surface area contributed by atoms with Crippen LogP contribution in [0.4, 0.5) is 0 Å². The van der Waals surface area contributed by atoms with Crippen molar-refractivity contribution in [3.63, 3.8) is 0 Å². The van der Waals surface area contributed by atoms with Crippen LogP contribution < -0.4 is 4.74 Å². The molecule has 0 aromatic carbocycles. The van der Waals surface area contributed by atoms with E-state index >= 15 is 0 Å². The van der Waals surface area contributed by atoms with E-state index in [-0.39, 0.29) is 24.2 Å². The second kappa shape index (κ2) is 6.76. The number of fused-ring (bicyclic) bond motifs is 1. The Bertz CT molecular complexity index is 738. The number of nitrogens with zero attached hydrogens (tertiary/aromatic N) is 4. The minimum absolute atomic E-state index is 0.00179. The number of aryl methyl sites for hydroxylation is 1. The van der Waals surface area contributed by atoms with E-state index in [9.17, 15) is 4.79 Å². The summed E-state index contributed by atoms with van der Waals surface area (Å²) in [5, 5.41) is 0. The lowest BCUT2D eigenvalue weighted by molar-refractivity contribution is -0.0794. The van der Waals surface area contributed by atoms with Crippen LogP contribution in [-0.2, 0) is 4.74 Å². The third kappa shape index (κ3) is 3.19. The second-order valence-corrected chi connectivity index (χ2v) is 6.35. The van der Waals surface area contributed by atoms with Gasteiger partial charge in [0.2, 0.25) is 5.88 Å². The van der Waals surface area contributed by atoms with Crippen LogP contribution in [0.15, 0.2) is 36.8 Å². The highest BCUT2D eigenvalue weighted by molar-refractivity contribution is 5.92. The zero-order chi connectivity index (χ0) is 17.2. The number of hydrogen-bond acceptors (Lipinski definition) is 6. The lowest BCUT2D eigenvalue weighted by atomic mass is 10.1. The van der Waals surface area contributed by atoms with Gasteiger partial charge < -0.3 is 14.4 Å². The van der Waals surface area contributed by atoms with Crippen LogP contribution >= 0.6 is 0 Å². The van der Waals surface area contributed by atoms with Gasteiger partial charge in [-0.25, -0.2) is 9.97 Å². The van der Waals surface area contributed by atoms with Gasteiger partial charge in [0.25, 0.3) is 5.91 Å². The predicted octanol–water partition coefficient (Wildman–Crippen LogP) is 1.63. The molecule has 3 heterocycles. The molecule has 0 spiro atoms. The van der Waals surface area contributed by atoms with Crippen molar-refractivity contribution < 1.29 is 14.3 Å². The summed E-state index contributed by atoms with van der Waals surface area (Å²) in [6.45, 7) is 2.91. The Morgan fingerprint density at radius 2 is 2.16 bits per heavy atom. The molecule has 2 aromatic heterocycles. The molecule has 2 aromatic rings. The standard InChI is InChI=1S/C18H20N4O3/c1-12-10-21-13(11-20-12)18(23)22-8-9-24-17-14(22)5-6-15(17)25-16-4-2-3-7-19-16/h2-4,7,10-11,14-15,17H,5-6,8-9H2,1H3/t14-,15+,17+/m0/s1. The fourth-order valence-electron chi connectivity index (χ4n) is 3.52. The first kappa shape index (κ1) is 16.0. The fourth-order valence-corrected chi connectivity index (χ4v) is 3.52. The molecule has 1 saturated carbocycles. The van der Waals surface area contributed by atoms with Gasteiger partial charge in [0.05, 0.1) is 24.5 Å². The van der Waals surface area contributed by atoms with Gasteiger partial charge in [0.15, 0.2) is 0 Å². The second-order valence-electron chi connectivity index (χ2n) is 6.35. The Hall–Kier alpha value is -2.54. The maximum absolute atomic E-state index is 12.8. The number of carbonyl (C=O) groups excluding carboxylic acids is 1. The van der Waals surface area contributed by atoms with Gasteiger partial charge in [-0.3, -0.25) is 9.78 Å². The first-order valence-corrected chi connectivity index (χ1v) is 8.51. The monoisotopic (exact) mass is 340 g/mol. The smallest absolute Gasteiger partial charge is 0.274 e. The molecule has 1 saturated heterocycles. The molecular formula is C18H20N4O3. The SMILES string of the molecule is Cc1cnc(C(=O)N2CCO[C@H]3[C@H](Oc4ccccn4)CC[C@@H]32)cn1. The summed E-state index contributed by atoms with van der Waals surface area (Å²) >= 11 is 0. The predicted molar refractivity (Wildman–Crippen MR) is 89.2 cm³/mol. The number of morpholine rings is 1. The normalized spacial score (nSPS) is 25.5. The highest BCUT2D eigenvalue weighted by Crippen LogP contribution is 2.33. The third-order valence-electron chi connectivity index (χ3n) is 4.71. The van der Waals surface area contributed by atoms with E-state index in [4.69, 9.17) is 9.47 Å². The van der Waals surface area contributed by atoms with Crippen molar-refractivity contribution in [2.24, 2.45) is 0 Å². The molecular weight excluding hydrogens is 320 g/mol. The van der Waals surface area contributed by atoms with Crippen molar-refractivity contribution in [1.29, 1.82) is 0 Å². The van der Waals surface area contributed by atoms with Crippen molar-refractivity contribution >= 4 is 5.91 Å². The molecule has 1 aliphatic carbocycles. The van der Waals surface area contributed by atoms with Crippen LogP contribution in [0.25, 0.3) is 0 Å². The van der Waals surface area contributed by atoms with Crippen molar-refractivity contribution in [2.75, 3.05) is 13.2 Å². The van der Waals surface area contributed by atoms with E-state index in [1.807, 2.05) is 30.0 Å². The molecule has 4 rings (SSSR count). The molecule has 130 valence electrons. The summed E-state index contributed by atoms with van der Waals surface area (Å²) < 4.78 is 11.9. The van der Waals surface area contributed by atoms with E-state index in [2.05, 4.69) is 15.0 Å². The largest absolute Gasteiger partial charge is 0.471 e. The van der Waals surface area contributed by atoms with Gasteiger partial charge in [-0.1, -0.05) is 6.07 Å². The van der Waals surface area contributed by atoms with Crippen molar-refractivity contribution in [3.05, 3.63) is 48.2 Å². The zero-order valence-electron chi connectivity index (χ0n) is 14.0. The molecule has 0 bridgehead atoms. The summed E-state index contributed by atoms with van der Waals surface area (Å²) in [6, 6.07) is 5.58. The molecule has 1 amide bonds. The number of pyridine rings is 1. The molecule has 2 fully saturated rings. The Balaban J connectivity index is 1.49. The number of ether oxygens (including phenoxy) is 2. The van der Waals surface area contributed by atoms with Gasteiger partial charge >= 0.3 is 0 Å². The average molecular weight is 340 g/mol. The summed E-state index contributed by atoms with van der Waals surface area (Å²) in [6.07, 6.45) is 6.29. The topological polar surface area (TPSA) is 77.4 Å². The number of hydrogen-bond donors (Lipinski definition) is 0. The molecule has 25 heavy (non-hydrogen) atoms. The molecule has 0 N–H and O–H groups in total. The Morgan fingerprint density at radius 3 is 2.92 bits per heavy atom. The van der Waals surface area contributed by atoms with Crippen LogP contribution in [0.3, 0.4) is 0 Å². The van der Waals surface area contributed by atoms with Gasteiger partial charge in [-0.15, -0.1) is 0 Å². The minimum atomic E-state index is -0.141. The number of aromatic nitrogens is 3. The van der Waals surface area contributed by atoms with E-state index in [0.29, 0.717) is 24.7 Å².